The molecule has 0 atom stereocenters. The summed E-state index contributed by atoms with van der Waals surface area (Å²) >= 11 is 6.15. The number of carbonyl (C=O) groups is 1. The van der Waals surface area contributed by atoms with Crippen molar-refractivity contribution in [1.82, 2.24) is 9.78 Å². The highest BCUT2D eigenvalue weighted by Gasteiger charge is 2.22. The van der Waals surface area contributed by atoms with Crippen molar-refractivity contribution in [2.45, 2.75) is 18.7 Å². The van der Waals surface area contributed by atoms with E-state index in [-0.39, 0.29) is 26.9 Å². The van der Waals surface area contributed by atoms with Crippen LogP contribution in [0.2, 0.25) is 5.02 Å². The van der Waals surface area contributed by atoms with Gasteiger partial charge in [-0.15, -0.1) is 0 Å². The van der Waals surface area contributed by atoms with Gasteiger partial charge in [-0.2, -0.15) is 5.10 Å². The second-order valence-electron chi connectivity index (χ2n) is 7.02. The van der Waals surface area contributed by atoms with Gasteiger partial charge in [-0.1, -0.05) is 17.7 Å². The zero-order chi connectivity index (χ0) is 23.6. The minimum absolute atomic E-state index is 0.0552. The fourth-order valence-electron chi connectivity index (χ4n) is 3.09. The molecule has 0 bridgehead atoms. The van der Waals surface area contributed by atoms with Crippen LogP contribution in [0.5, 0.6) is 11.5 Å². The molecule has 2 aromatic carbocycles. The number of nitrogens with zero attached hydrogens (tertiary/aromatic N) is 2. The number of rotatable bonds is 7. The Morgan fingerprint density at radius 2 is 1.75 bits per heavy atom. The van der Waals surface area contributed by atoms with Gasteiger partial charge in [0.1, 0.15) is 17.3 Å². The number of hydrogen-bond acceptors (Lipinski definition) is 6. The van der Waals surface area contributed by atoms with Crippen molar-refractivity contribution < 1.29 is 22.7 Å². The molecule has 11 heteroatoms. The number of halogens is 1. The van der Waals surface area contributed by atoms with Crippen molar-refractivity contribution in [3.63, 3.8) is 0 Å². The fourth-order valence-corrected chi connectivity index (χ4v) is 4.66. The lowest BCUT2D eigenvalue weighted by molar-refractivity contribution is 0.102. The van der Waals surface area contributed by atoms with E-state index < -0.39 is 15.9 Å². The van der Waals surface area contributed by atoms with Gasteiger partial charge in [-0.3, -0.25) is 14.2 Å². The summed E-state index contributed by atoms with van der Waals surface area (Å²) in [4.78, 5) is 12.7. The Balaban J connectivity index is 1.94. The molecule has 0 radical (unpaired) electrons. The zero-order valence-corrected chi connectivity index (χ0v) is 19.8. The van der Waals surface area contributed by atoms with E-state index in [9.17, 15) is 13.2 Å². The van der Waals surface area contributed by atoms with Gasteiger partial charge in [0.05, 0.1) is 35.5 Å². The second-order valence-corrected chi connectivity index (χ2v) is 9.08. The summed E-state index contributed by atoms with van der Waals surface area (Å²) in [6.45, 7) is 3.44. The van der Waals surface area contributed by atoms with E-state index in [1.807, 2.05) is 0 Å². The summed E-state index contributed by atoms with van der Waals surface area (Å²) in [5.74, 6) is 0.599. The molecule has 0 aliphatic heterocycles. The Morgan fingerprint density at radius 3 is 2.34 bits per heavy atom. The average molecular weight is 479 g/mol. The molecule has 0 saturated carbocycles. The van der Waals surface area contributed by atoms with E-state index in [1.165, 1.54) is 37.1 Å². The number of hydrogen-bond donors (Lipinski definition) is 2. The van der Waals surface area contributed by atoms with E-state index >= 15 is 0 Å². The van der Waals surface area contributed by atoms with Crippen LogP contribution >= 0.6 is 11.6 Å². The van der Waals surface area contributed by atoms with Gasteiger partial charge in [0, 0.05) is 24.7 Å². The molecule has 1 heterocycles. The molecule has 0 saturated heterocycles. The number of nitrogens with one attached hydrogen (secondary N) is 2. The molecule has 9 nitrogen and oxygen atoms in total. The van der Waals surface area contributed by atoms with Gasteiger partial charge in [-0.05, 0) is 37.6 Å². The first-order valence-corrected chi connectivity index (χ1v) is 11.3. The smallest absolute Gasteiger partial charge is 0.262 e. The quantitative estimate of drug-likeness (QED) is 0.534. The highest BCUT2D eigenvalue weighted by atomic mass is 35.5. The highest BCUT2D eigenvalue weighted by molar-refractivity contribution is 7.92. The van der Waals surface area contributed by atoms with Crippen LogP contribution in [0.15, 0.2) is 41.3 Å². The van der Waals surface area contributed by atoms with Crippen LogP contribution < -0.4 is 19.5 Å². The van der Waals surface area contributed by atoms with E-state index in [2.05, 4.69) is 15.1 Å². The molecule has 0 unspecified atom stereocenters. The molecule has 3 aromatic rings. The lowest BCUT2D eigenvalue weighted by atomic mass is 10.1. The molecule has 32 heavy (non-hydrogen) atoms. The molecule has 0 aliphatic carbocycles. The van der Waals surface area contributed by atoms with Crippen molar-refractivity contribution in [3.8, 4) is 11.5 Å². The Labute approximate surface area is 191 Å². The highest BCUT2D eigenvalue weighted by Crippen LogP contribution is 2.37. The number of anilines is 2. The summed E-state index contributed by atoms with van der Waals surface area (Å²) in [6.07, 6.45) is 0. The van der Waals surface area contributed by atoms with Crippen LogP contribution in [-0.2, 0) is 17.1 Å². The summed E-state index contributed by atoms with van der Waals surface area (Å²) in [6, 6.07) is 9.02. The van der Waals surface area contributed by atoms with Crippen molar-refractivity contribution in [1.29, 1.82) is 0 Å². The number of aromatic nitrogens is 2. The van der Waals surface area contributed by atoms with Crippen LogP contribution in [0.3, 0.4) is 0 Å². The largest absolute Gasteiger partial charge is 0.495 e. The van der Waals surface area contributed by atoms with Crippen molar-refractivity contribution in [3.05, 3.63) is 58.2 Å². The molecule has 170 valence electrons. The Hall–Kier alpha value is -3.24. The summed E-state index contributed by atoms with van der Waals surface area (Å²) in [5, 5.41) is 7.11. The van der Waals surface area contributed by atoms with Crippen LogP contribution in [-0.4, -0.2) is 38.3 Å². The minimum atomic E-state index is -4.07. The van der Waals surface area contributed by atoms with Crippen molar-refractivity contribution in [2.75, 3.05) is 24.3 Å². The first-order valence-electron chi connectivity index (χ1n) is 9.42. The predicted octanol–water partition coefficient (Wildman–Crippen LogP) is 3.76. The van der Waals surface area contributed by atoms with Gasteiger partial charge >= 0.3 is 0 Å². The molecule has 0 spiro atoms. The summed E-state index contributed by atoms with van der Waals surface area (Å²) < 4.78 is 40.7. The van der Waals surface area contributed by atoms with E-state index in [0.29, 0.717) is 17.1 Å². The molecule has 1 amide bonds. The molecule has 0 fully saturated rings. The summed E-state index contributed by atoms with van der Waals surface area (Å²) in [5.41, 5.74) is 1.52. The normalized spacial score (nSPS) is 11.2. The molecule has 1 aromatic heterocycles. The number of methoxy groups -OCH3 is 2. The lowest BCUT2D eigenvalue weighted by Gasteiger charge is -2.16. The van der Waals surface area contributed by atoms with Crippen molar-refractivity contribution >= 4 is 39.0 Å². The minimum Gasteiger partial charge on any atom is -0.495 e. The standard InChI is InChI=1S/C21H23ClN4O5S/c1-12-6-7-14(21(27)23-20-8-13(2)24-26(20)3)9-19(12)32(28,29)25-16-10-15(22)17(30-4)11-18(16)31-5/h6-11,25H,1-5H3,(H,23,27). The van der Waals surface area contributed by atoms with Crippen LogP contribution in [0, 0.1) is 13.8 Å². The SMILES string of the molecule is COc1cc(OC)c(NS(=O)(=O)c2cc(C(=O)Nc3cc(C)nn3C)ccc2C)cc1Cl. The first kappa shape index (κ1) is 23.4. The monoisotopic (exact) mass is 478 g/mol. The number of carbonyl (C=O) groups excluding carboxylic acids is 1. The van der Waals surface area contributed by atoms with Gasteiger partial charge in [0.2, 0.25) is 0 Å². The van der Waals surface area contributed by atoms with Crippen LogP contribution in [0.4, 0.5) is 11.5 Å². The summed E-state index contributed by atoms with van der Waals surface area (Å²) in [7, 11) is 0.468. The van der Waals surface area contributed by atoms with Crippen LogP contribution in [0.25, 0.3) is 0 Å². The number of amides is 1. The van der Waals surface area contributed by atoms with E-state index in [1.54, 1.807) is 39.1 Å². The van der Waals surface area contributed by atoms with E-state index in [0.717, 1.165) is 5.69 Å². The third-order valence-corrected chi connectivity index (χ3v) is 6.50. The number of sulfonamides is 1. The van der Waals surface area contributed by atoms with Gasteiger partial charge in [-0.25, -0.2) is 8.42 Å². The Bertz CT molecular complexity index is 1290. The number of benzene rings is 2. The van der Waals surface area contributed by atoms with Crippen LogP contribution in [0.1, 0.15) is 21.6 Å². The molecular formula is C21H23ClN4O5S. The molecule has 2 N–H and O–H groups in total. The maximum atomic E-state index is 13.2. The van der Waals surface area contributed by atoms with E-state index in [4.69, 9.17) is 21.1 Å². The van der Waals surface area contributed by atoms with Gasteiger partial charge in [0.15, 0.2) is 0 Å². The average Bonchev–Trinajstić information content (AvgIpc) is 3.04. The molecule has 0 aliphatic rings. The molecule has 3 rings (SSSR count). The topological polar surface area (TPSA) is 112 Å². The third-order valence-electron chi connectivity index (χ3n) is 4.70. The first-order chi connectivity index (χ1) is 15.1. The lowest BCUT2D eigenvalue weighted by Crippen LogP contribution is -2.18. The zero-order valence-electron chi connectivity index (χ0n) is 18.2. The second kappa shape index (κ2) is 9.09. The maximum Gasteiger partial charge on any atom is 0.262 e. The van der Waals surface area contributed by atoms with Crippen molar-refractivity contribution in [2.24, 2.45) is 7.05 Å². The number of ether oxygens (including phenoxy) is 2. The third kappa shape index (κ3) is 4.81. The Morgan fingerprint density at radius 1 is 1.06 bits per heavy atom. The predicted molar refractivity (Wildman–Crippen MR) is 122 cm³/mol. The fraction of sp³-hybridized carbons (Fsp3) is 0.238. The Kier molecular flexibility index (Phi) is 6.65. The molecular weight excluding hydrogens is 456 g/mol. The van der Waals surface area contributed by atoms with Gasteiger partial charge < -0.3 is 14.8 Å². The maximum absolute atomic E-state index is 13.2. The number of aryl methyl sites for hydroxylation is 3. The van der Waals surface area contributed by atoms with Gasteiger partial charge in [0.25, 0.3) is 15.9 Å².